The minimum atomic E-state index is 0.323. The lowest BCUT2D eigenvalue weighted by molar-refractivity contribution is 0.607. The third kappa shape index (κ3) is 2.34. The first-order valence-electron chi connectivity index (χ1n) is 5.96. The fourth-order valence-corrected chi connectivity index (χ4v) is 2.12. The van der Waals surface area contributed by atoms with E-state index in [4.69, 9.17) is 0 Å². The lowest BCUT2D eigenvalue weighted by atomic mass is 10.2. The molecule has 1 unspecified atom stereocenters. The zero-order valence-corrected chi connectivity index (χ0v) is 9.56. The molecule has 3 rings (SSSR count). The molecule has 0 radical (unpaired) electrons. The van der Waals surface area contributed by atoms with Gasteiger partial charge in [0, 0.05) is 18.3 Å². The molecule has 0 bridgehead atoms. The van der Waals surface area contributed by atoms with Crippen LogP contribution < -0.4 is 5.32 Å². The summed E-state index contributed by atoms with van der Waals surface area (Å²) in [6.45, 7) is 1.06. The smallest absolute Gasteiger partial charge is 0.167 e. The van der Waals surface area contributed by atoms with Crippen molar-refractivity contribution in [2.45, 2.75) is 25.3 Å². The number of rotatable bonds is 3. The Kier molecular flexibility index (Phi) is 2.83. The lowest BCUT2D eigenvalue weighted by Crippen LogP contribution is -2.14. The number of hydrogen-bond acceptors (Lipinski definition) is 4. The summed E-state index contributed by atoms with van der Waals surface area (Å²) in [7, 11) is 0. The Labute approximate surface area is 99.7 Å². The molecule has 5 heteroatoms. The van der Waals surface area contributed by atoms with E-state index < -0.39 is 0 Å². The first-order chi connectivity index (χ1) is 8.42. The average molecular weight is 229 g/mol. The first kappa shape index (κ1) is 10.4. The van der Waals surface area contributed by atoms with Gasteiger partial charge < -0.3 is 5.32 Å². The van der Waals surface area contributed by atoms with Crippen molar-refractivity contribution < 1.29 is 0 Å². The van der Waals surface area contributed by atoms with Crippen molar-refractivity contribution in [3.05, 3.63) is 41.7 Å². The Morgan fingerprint density at radius 3 is 3.12 bits per heavy atom. The number of pyridine rings is 1. The van der Waals surface area contributed by atoms with Crippen LogP contribution in [0.5, 0.6) is 0 Å². The predicted octanol–water partition coefficient (Wildman–Crippen LogP) is 1.21. The van der Waals surface area contributed by atoms with Gasteiger partial charge in [0.2, 0.25) is 0 Å². The number of H-pyrrole nitrogens is 1. The van der Waals surface area contributed by atoms with Gasteiger partial charge >= 0.3 is 0 Å². The van der Waals surface area contributed by atoms with Gasteiger partial charge in [-0.15, -0.1) is 0 Å². The Hall–Kier alpha value is -1.75. The summed E-state index contributed by atoms with van der Waals surface area (Å²) in [5, 5.41) is 10.6. The van der Waals surface area contributed by atoms with Crippen LogP contribution in [0.1, 0.15) is 36.2 Å². The van der Waals surface area contributed by atoms with Gasteiger partial charge in [0.1, 0.15) is 5.82 Å². The number of aromatic nitrogens is 4. The number of aromatic amines is 1. The van der Waals surface area contributed by atoms with Crippen LogP contribution in [-0.2, 0) is 6.42 Å². The van der Waals surface area contributed by atoms with Gasteiger partial charge in [-0.1, -0.05) is 6.07 Å². The van der Waals surface area contributed by atoms with Gasteiger partial charge in [0.25, 0.3) is 0 Å². The minimum absolute atomic E-state index is 0.323. The Morgan fingerprint density at radius 2 is 2.35 bits per heavy atom. The van der Waals surface area contributed by atoms with Crippen LogP contribution in [0.3, 0.4) is 0 Å². The molecule has 1 aliphatic heterocycles. The number of nitrogens with one attached hydrogen (secondary N) is 2. The van der Waals surface area contributed by atoms with Gasteiger partial charge in [-0.05, 0) is 31.5 Å². The molecule has 3 heterocycles. The highest BCUT2D eigenvalue weighted by atomic mass is 15.2. The zero-order valence-electron chi connectivity index (χ0n) is 9.56. The van der Waals surface area contributed by atoms with Crippen LogP contribution in [0.15, 0.2) is 24.4 Å². The highest BCUT2D eigenvalue weighted by Crippen LogP contribution is 2.19. The molecule has 5 nitrogen and oxygen atoms in total. The monoisotopic (exact) mass is 229 g/mol. The highest BCUT2D eigenvalue weighted by molar-refractivity contribution is 5.10. The van der Waals surface area contributed by atoms with E-state index in [1.165, 1.54) is 6.42 Å². The zero-order chi connectivity index (χ0) is 11.5. The van der Waals surface area contributed by atoms with Crippen molar-refractivity contribution in [1.29, 1.82) is 0 Å². The molecule has 0 saturated carbocycles. The molecule has 0 amide bonds. The van der Waals surface area contributed by atoms with E-state index in [1.807, 2.05) is 18.2 Å². The van der Waals surface area contributed by atoms with Crippen LogP contribution in [-0.4, -0.2) is 26.7 Å². The second kappa shape index (κ2) is 4.63. The molecule has 88 valence electrons. The van der Waals surface area contributed by atoms with Crippen molar-refractivity contribution in [3.63, 3.8) is 0 Å². The fraction of sp³-hybridized carbons (Fsp3) is 0.417. The van der Waals surface area contributed by atoms with Gasteiger partial charge in [0.15, 0.2) is 5.82 Å². The molecule has 1 atom stereocenters. The molecule has 0 aliphatic carbocycles. The largest absolute Gasteiger partial charge is 0.307 e. The topological polar surface area (TPSA) is 66.5 Å². The van der Waals surface area contributed by atoms with Crippen LogP contribution in [0.2, 0.25) is 0 Å². The number of hydrogen-bond donors (Lipinski definition) is 2. The van der Waals surface area contributed by atoms with Crippen LogP contribution in [0, 0.1) is 0 Å². The van der Waals surface area contributed by atoms with Crippen LogP contribution in [0.4, 0.5) is 0 Å². The van der Waals surface area contributed by atoms with Crippen molar-refractivity contribution in [2.75, 3.05) is 6.54 Å². The summed E-state index contributed by atoms with van der Waals surface area (Å²) >= 11 is 0. The lowest BCUT2D eigenvalue weighted by Gasteiger charge is -2.02. The highest BCUT2D eigenvalue weighted by Gasteiger charge is 2.20. The van der Waals surface area contributed by atoms with Crippen molar-refractivity contribution in [3.8, 4) is 0 Å². The molecule has 1 saturated heterocycles. The van der Waals surface area contributed by atoms with Crippen molar-refractivity contribution >= 4 is 0 Å². The molecule has 2 N–H and O–H groups in total. The van der Waals surface area contributed by atoms with E-state index in [1.54, 1.807) is 6.20 Å². The maximum absolute atomic E-state index is 4.52. The first-order valence-corrected chi connectivity index (χ1v) is 5.96. The normalized spacial score (nSPS) is 19.6. The summed E-state index contributed by atoms with van der Waals surface area (Å²) in [5.74, 6) is 1.76. The van der Waals surface area contributed by atoms with Gasteiger partial charge in [-0.2, -0.15) is 5.10 Å². The Bertz CT molecular complexity index is 473. The molecular formula is C12H15N5. The van der Waals surface area contributed by atoms with E-state index in [9.17, 15) is 0 Å². The SMILES string of the molecule is c1ccc(Cc2nc(C3CCCN3)n[nH]2)nc1. The summed E-state index contributed by atoms with van der Waals surface area (Å²) in [4.78, 5) is 8.80. The van der Waals surface area contributed by atoms with E-state index in [2.05, 4.69) is 25.5 Å². The summed E-state index contributed by atoms with van der Waals surface area (Å²) in [6, 6.07) is 6.22. The molecule has 0 aromatic carbocycles. The van der Waals surface area contributed by atoms with E-state index in [-0.39, 0.29) is 0 Å². The maximum Gasteiger partial charge on any atom is 0.167 e. The standard InChI is InChI=1S/C12H15N5/c1-2-6-13-9(4-1)8-11-15-12(17-16-11)10-5-3-7-14-10/h1-2,4,6,10,14H,3,5,7-8H2,(H,15,16,17). The molecule has 1 fully saturated rings. The molecule has 17 heavy (non-hydrogen) atoms. The van der Waals surface area contributed by atoms with Gasteiger partial charge in [-0.25, -0.2) is 4.98 Å². The summed E-state index contributed by atoms with van der Waals surface area (Å²) < 4.78 is 0. The van der Waals surface area contributed by atoms with E-state index in [0.29, 0.717) is 12.5 Å². The van der Waals surface area contributed by atoms with Crippen molar-refractivity contribution in [2.24, 2.45) is 0 Å². The third-order valence-corrected chi connectivity index (χ3v) is 3.00. The molecule has 0 spiro atoms. The fourth-order valence-electron chi connectivity index (χ4n) is 2.12. The minimum Gasteiger partial charge on any atom is -0.307 e. The average Bonchev–Trinajstić information content (AvgIpc) is 3.00. The van der Waals surface area contributed by atoms with Crippen LogP contribution in [0.25, 0.3) is 0 Å². The second-order valence-electron chi connectivity index (χ2n) is 4.29. The third-order valence-electron chi connectivity index (χ3n) is 3.00. The molecule has 1 aliphatic rings. The van der Waals surface area contributed by atoms with Gasteiger partial charge in [0.05, 0.1) is 6.04 Å². The molecular weight excluding hydrogens is 214 g/mol. The predicted molar refractivity (Wildman–Crippen MR) is 63.4 cm³/mol. The van der Waals surface area contributed by atoms with E-state index >= 15 is 0 Å². The second-order valence-corrected chi connectivity index (χ2v) is 4.29. The molecule has 2 aromatic rings. The van der Waals surface area contributed by atoms with Crippen LogP contribution >= 0.6 is 0 Å². The summed E-state index contributed by atoms with van der Waals surface area (Å²) in [6.07, 6.45) is 4.83. The maximum atomic E-state index is 4.52. The Morgan fingerprint density at radius 1 is 1.35 bits per heavy atom. The van der Waals surface area contributed by atoms with Crippen molar-refractivity contribution in [1.82, 2.24) is 25.5 Å². The quantitative estimate of drug-likeness (QED) is 0.830. The number of nitrogens with zero attached hydrogens (tertiary/aromatic N) is 3. The summed E-state index contributed by atoms with van der Waals surface area (Å²) in [5.41, 5.74) is 1.01. The Balaban J connectivity index is 1.72. The molecule has 2 aromatic heterocycles. The van der Waals surface area contributed by atoms with Gasteiger partial charge in [-0.3, -0.25) is 10.1 Å². The van der Waals surface area contributed by atoms with E-state index in [0.717, 1.165) is 30.3 Å².